The second kappa shape index (κ2) is 9.62. The fourth-order valence-electron chi connectivity index (χ4n) is 4.80. The number of ether oxygens (including phenoxy) is 2. The topological polar surface area (TPSA) is 79.4 Å². The lowest BCUT2D eigenvalue weighted by molar-refractivity contribution is -0.146. The van der Waals surface area contributed by atoms with Gasteiger partial charge in [0.1, 0.15) is 12.1 Å². The number of carbonyl (C=O) groups excluding carboxylic acids is 3. The van der Waals surface area contributed by atoms with Crippen LogP contribution < -0.4 is 4.90 Å². The molecule has 2 aliphatic heterocycles. The maximum atomic E-state index is 13.5. The molecule has 1 amide bonds. The van der Waals surface area contributed by atoms with Gasteiger partial charge in [0, 0.05) is 25.3 Å². The van der Waals surface area contributed by atoms with Crippen molar-refractivity contribution in [1.82, 2.24) is 9.80 Å². The van der Waals surface area contributed by atoms with E-state index in [0.717, 1.165) is 24.3 Å². The van der Waals surface area contributed by atoms with Crippen molar-refractivity contribution in [3.63, 3.8) is 0 Å². The standard InChI is InChI=1S/C25H29N3O5/c1-32-22(29)17-27-18-28(21-9-4-3-5-10-21)25(24(27)31)11-13-26(14-12-25)16-19-7-6-8-20(15-19)23(30)33-2/h3-10,15H,11-14,16-18H2,1-2H3. The molecular formula is C25H29N3O5. The van der Waals surface area contributed by atoms with Gasteiger partial charge in [0.2, 0.25) is 0 Å². The number of rotatable bonds is 6. The van der Waals surface area contributed by atoms with E-state index < -0.39 is 11.5 Å². The maximum absolute atomic E-state index is 13.5. The summed E-state index contributed by atoms with van der Waals surface area (Å²) in [6.07, 6.45) is 1.30. The lowest BCUT2D eigenvalue weighted by Gasteiger charge is -2.43. The molecule has 2 saturated heterocycles. The van der Waals surface area contributed by atoms with Gasteiger partial charge in [-0.15, -0.1) is 0 Å². The minimum atomic E-state index is -0.681. The van der Waals surface area contributed by atoms with Crippen LogP contribution in [0.25, 0.3) is 0 Å². The van der Waals surface area contributed by atoms with Crippen LogP contribution in [0.1, 0.15) is 28.8 Å². The number of nitrogens with zero attached hydrogens (tertiary/aromatic N) is 3. The highest BCUT2D eigenvalue weighted by Gasteiger charge is 2.54. The number of anilines is 1. The summed E-state index contributed by atoms with van der Waals surface area (Å²) in [6, 6.07) is 17.3. The van der Waals surface area contributed by atoms with Crippen molar-refractivity contribution in [1.29, 1.82) is 0 Å². The Balaban J connectivity index is 1.51. The summed E-state index contributed by atoms with van der Waals surface area (Å²) < 4.78 is 9.63. The molecule has 0 atom stereocenters. The van der Waals surface area contributed by atoms with Crippen molar-refractivity contribution in [2.24, 2.45) is 0 Å². The first-order chi connectivity index (χ1) is 16.0. The number of hydrogen-bond donors (Lipinski definition) is 0. The van der Waals surface area contributed by atoms with E-state index >= 15 is 0 Å². The van der Waals surface area contributed by atoms with E-state index in [1.807, 2.05) is 48.5 Å². The number of para-hydroxylation sites is 1. The number of hydrogen-bond acceptors (Lipinski definition) is 7. The Kier molecular flexibility index (Phi) is 6.65. The molecule has 0 aliphatic carbocycles. The zero-order valence-electron chi connectivity index (χ0n) is 19.0. The second-order valence-corrected chi connectivity index (χ2v) is 8.48. The molecule has 0 saturated carbocycles. The third-order valence-electron chi connectivity index (χ3n) is 6.57. The molecule has 8 nitrogen and oxygen atoms in total. The van der Waals surface area contributed by atoms with Gasteiger partial charge < -0.3 is 19.3 Å². The van der Waals surface area contributed by atoms with Crippen LogP contribution >= 0.6 is 0 Å². The minimum absolute atomic E-state index is 0.0240. The van der Waals surface area contributed by atoms with Gasteiger partial charge in [0.25, 0.3) is 5.91 Å². The molecule has 2 aromatic carbocycles. The predicted molar refractivity (Wildman–Crippen MR) is 123 cm³/mol. The molecule has 0 unspecified atom stereocenters. The van der Waals surface area contributed by atoms with Crippen molar-refractivity contribution in [2.75, 3.05) is 45.4 Å². The third-order valence-corrected chi connectivity index (χ3v) is 6.57. The average molecular weight is 452 g/mol. The Morgan fingerprint density at radius 2 is 1.70 bits per heavy atom. The van der Waals surface area contributed by atoms with Gasteiger partial charge in [-0.05, 0) is 42.7 Å². The number of amides is 1. The normalized spacial score (nSPS) is 17.9. The van der Waals surface area contributed by atoms with Crippen LogP contribution in [0.3, 0.4) is 0 Å². The molecule has 2 fully saturated rings. The molecule has 174 valence electrons. The van der Waals surface area contributed by atoms with Gasteiger partial charge in [-0.2, -0.15) is 0 Å². The highest BCUT2D eigenvalue weighted by molar-refractivity contribution is 5.95. The van der Waals surface area contributed by atoms with Crippen molar-refractivity contribution in [3.05, 3.63) is 65.7 Å². The van der Waals surface area contributed by atoms with Crippen molar-refractivity contribution in [2.45, 2.75) is 24.9 Å². The summed E-state index contributed by atoms with van der Waals surface area (Å²) in [5, 5.41) is 0. The van der Waals surface area contributed by atoms with Gasteiger partial charge in [-0.3, -0.25) is 14.5 Å². The Bertz CT molecular complexity index is 1020. The quantitative estimate of drug-likeness (QED) is 0.624. The van der Waals surface area contributed by atoms with Crippen LogP contribution in [0.5, 0.6) is 0 Å². The summed E-state index contributed by atoms with van der Waals surface area (Å²) in [4.78, 5) is 43.3. The lowest BCUT2D eigenvalue weighted by Crippen LogP contribution is -2.56. The van der Waals surface area contributed by atoms with E-state index in [2.05, 4.69) is 9.80 Å². The maximum Gasteiger partial charge on any atom is 0.337 e. The molecule has 0 aromatic heterocycles. The number of piperidine rings is 1. The van der Waals surface area contributed by atoms with Crippen molar-refractivity contribution < 1.29 is 23.9 Å². The molecule has 2 aliphatic rings. The number of carbonyl (C=O) groups is 3. The Labute approximate surface area is 193 Å². The van der Waals surface area contributed by atoms with E-state index in [1.54, 1.807) is 11.0 Å². The molecule has 1 spiro atoms. The molecule has 4 rings (SSSR count). The van der Waals surface area contributed by atoms with E-state index in [-0.39, 0.29) is 18.4 Å². The van der Waals surface area contributed by atoms with Crippen LogP contribution in [0.4, 0.5) is 5.69 Å². The summed E-state index contributed by atoms with van der Waals surface area (Å²) in [7, 11) is 2.71. The molecular weight excluding hydrogens is 422 g/mol. The Hall–Kier alpha value is -3.39. The Morgan fingerprint density at radius 3 is 2.36 bits per heavy atom. The predicted octanol–water partition coefficient (Wildman–Crippen LogP) is 2.29. The SMILES string of the molecule is COC(=O)CN1CN(c2ccccc2)C2(CCN(Cc3cccc(C(=O)OC)c3)CC2)C1=O. The van der Waals surface area contributed by atoms with Crippen LogP contribution in [-0.2, 0) is 25.6 Å². The largest absolute Gasteiger partial charge is 0.468 e. The van der Waals surface area contributed by atoms with Gasteiger partial charge in [-0.25, -0.2) is 4.79 Å². The second-order valence-electron chi connectivity index (χ2n) is 8.48. The molecule has 0 bridgehead atoms. The van der Waals surface area contributed by atoms with E-state index in [9.17, 15) is 14.4 Å². The zero-order valence-corrected chi connectivity index (χ0v) is 19.0. The molecule has 33 heavy (non-hydrogen) atoms. The fourth-order valence-corrected chi connectivity index (χ4v) is 4.80. The van der Waals surface area contributed by atoms with Crippen LogP contribution in [0, 0.1) is 0 Å². The molecule has 8 heteroatoms. The fraction of sp³-hybridized carbons (Fsp3) is 0.400. The first kappa shape index (κ1) is 22.8. The molecule has 2 aromatic rings. The molecule has 0 radical (unpaired) electrons. The van der Waals surface area contributed by atoms with E-state index in [0.29, 0.717) is 31.6 Å². The van der Waals surface area contributed by atoms with E-state index in [1.165, 1.54) is 14.2 Å². The van der Waals surface area contributed by atoms with Gasteiger partial charge in [0.05, 0.1) is 26.5 Å². The number of methoxy groups -OCH3 is 2. The van der Waals surface area contributed by atoms with Crippen molar-refractivity contribution >= 4 is 23.5 Å². The van der Waals surface area contributed by atoms with Crippen LogP contribution in [-0.4, -0.2) is 73.7 Å². The van der Waals surface area contributed by atoms with E-state index in [4.69, 9.17) is 9.47 Å². The highest BCUT2D eigenvalue weighted by Crippen LogP contribution is 2.39. The zero-order chi connectivity index (χ0) is 23.4. The minimum Gasteiger partial charge on any atom is -0.468 e. The lowest BCUT2D eigenvalue weighted by atomic mass is 9.85. The van der Waals surface area contributed by atoms with Crippen LogP contribution in [0.15, 0.2) is 54.6 Å². The van der Waals surface area contributed by atoms with Crippen molar-refractivity contribution in [3.8, 4) is 0 Å². The third kappa shape index (κ3) is 4.57. The number of likely N-dealkylation sites (tertiary alicyclic amines) is 1. The summed E-state index contributed by atoms with van der Waals surface area (Å²) in [5.74, 6) is -0.796. The number of benzene rings is 2. The van der Waals surface area contributed by atoms with Gasteiger partial charge in [-0.1, -0.05) is 30.3 Å². The monoisotopic (exact) mass is 451 g/mol. The Morgan fingerprint density at radius 1 is 0.970 bits per heavy atom. The number of esters is 2. The first-order valence-corrected chi connectivity index (χ1v) is 11.1. The van der Waals surface area contributed by atoms with Gasteiger partial charge in [0.15, 0.2) is 0 Å². The summed E-state index contributed by atoms with van der Waals surface area (Å²) in [6.45, 7) is 2.45. The average Bonchev–Trinajstić information content (AvgIpc) is 3.11. The summed E-state index contributed by atoms with van der Waals surface area (Å²) in [5.41, 5.74) is 1.85. The highest BCUT2D eigenvalue weighted by atomic mass is 16.5. The molecule has 0 N–H and O–H groups in total. The smallest absolute Gasteiger partial charge is 0.337 e. The first-order valence-electron chi connectivity index (χ1n) is 11.1. The van der Waals surface area contributed by atoms with Crippen LogP contribution in [0.2, 0.25) is 0 Å². The van der Waals surface area contributed by atoms with Gasteiger partial charge >= 0.3 is 11.9 Å². The summed E-state index contributed by atoms with van der Waals surface area (Å²) >= 11 is 0. The molecule has 2 heterocycles.